The van der Waals surface area contributed by atoms with Crippen molar-refractivity contribution in [1.82, 2.24) is 0 Å². The molecule has 20 heavy (non-hydrogen) atoms. The smallest absolute Gasteiger partial charge is 0.249 e. The number of anilines is 2. The van der Waals surface area contributed by atoms with Crippen molar-refractivity contribution in [2.75, 3.05) is 17.7 Å². The number of halogens is 1. The summed E-state index contributed by atoms with van der Waals surface area (Å²) in [5.41, 5.74) is 14.4. The summed E-state index contributed by atoms with van der Waals surface area (Å²) in [6.45, 7) is 0.753. The van der Waals surface area contributed by atoms with E-state index in [0.717, 1.165) is 23.5 Å². The summed E-state index contributed by atoms with van der Waals surface area (Å²) in [6, 6.07) is 13.3. The number of primary amides is 1. The van der Waals surface area contributed by atoms with Crippen LogP contribution < -0.4 is 16.4 Å². The van der Waals surface area contributed by atoms with Gasteiger partial charge in [-0.2, -0.15) is 0 Å². The number of rotatable bonds is 4. The van der Waals surface area contributed by atoms with Crippen molar-refractivity contribution < 1.29 is 4.79 Å². The SMILES string of the molecule is CN(Cc1ccc(N)cc1)c1ccc(C(N)=O)c(Br)c1. The molecule has 0 aliphatic heterocycles. The van der Waals surface area contributed by atoms with Crippen molar-refractivity contribution in [3.05, 3.63) is 58.1 Å². The fourth-order valence-electron chi connectivity index (χ4n) is 1.93. The number of carbonyl (C=O) groups excluding carboxylic acids is 1. The third kappa shape index (κ3) is 3.30. The molecule has 0 bridgehead atoms. The molecule has 0 saturated carbocycles. The first-order valence-corrected chi connectivity index (χ1v) is 6.91. The van der Waals surface area contributed by atoms with Crippen molar-refractivity contribution in [3.8, 4) is 0 Å². The van der Waals surface area contributed by atoms with E-state index in [9.17, 15) is 4.79 Å². The minimum atomic E-state index is -0.440. The van der Waals surface area contributed by atoms with Gasteiger partial charge >= 0.3 is 0 Å². The van der Waals surface area contributed by atoms with Crippen molar-refractivity contribution in [1.29, 1.82) is 0 Å². The van der Waals surface area contributed by atoms with Crippen LogP contribution >= 0.6 is 15.9 Å². The number of nitrogens with zero attached hydrogens (tertiary/aromatic N) is 1. The molecule has 0 atom stereocenters. The van der Waals surface area contributed by atoms with Gasteiger partial charge in [-0.3, -0.25) is 4.79 Å². The largest absolute Gasteiger partial charge is 0.399 e. The maximum Gasteiger partial charge on any atom is 0.249 e. The van der Waals surface area contributed by atoms with Crippen LogP contribution in [0.1, 0.15) is 15.9 Å². The van der Waals surface area contributed by atoms with E-state index in [1.807, 2.05) is 43.4 Å². The summed E-state index contributed by atoms with van der Waals surface area (Å²) < 4.78 is 0.701. The predicted octanol–water partition coefficient (Wildman–Crippen LogP) is 2.77. The average molecular weight is 334 g/mol. The van der Waals surface area contributed by atoms with Gasteiger partial charge in [-0.15, -0.1) is 0 Å². The molecule has 0 heterocycles. The Morgan fingerprint density at radius 1 is 1.20 bits per heavy atom. The van der Waals surface area contributed by atoms with E-state index in [2.05, 4.69) is 20.8 Å². The number of amides is 1. The Morgan fingerprint density at radius 3 is 2.40 bits per heavy atom. The number of hydrogen-bond acceptors (Lipinski definition) is 3. The van der Waals surface area contributed by atoms with Crippen LogP contribution in [-0.4, -0.2) is 13.0 Å². The zero-order chi connectivity index (χ0) is 14.7. The van der Waals surface area contributed by atoms with Gasteiger partial charge in [0.1, 0.15) is 0 Å². The van der Waals surface area contributed by atoms with Crippen LogP contribution in [0.15, 0.2) is 46.9 Å². The van der Waals surface area contributed by atoms with Crippen LogP contribution in [0.25, 0.3) is 0 Å². The summed E-state index contributed by atoms with van der Waals surface area (Å²) in [6.07, 6.45) is 0. The normalized spacial score (nSPS) is 10.3. The third-order valence-corrected chi connectivity index (χ3v) is 3.71. The van der Waals surface area contributed by atoms with E-state index in [0.29, 0.717) is 10.0 Å². The number of benzene rings is 2. The summed E-state index contributed by atoms with van der Waals surface area (Å²) in [5.74, 6) is -0.440. The molecule has 2 rings (SSSR count). The minimum Gasteiger partial charge on any atom is -0.399 e. The highest BCUT2D eigenvalue weighted by atomic mass is 79.9. The molecule has 0 spiro atoms. The highest BCUT2D eigenvalue weighted by Gasteiger charge is 2.09. The molecule has 2 aromatic carbocycles. The van der Waals surface area contributed by atoms with E-state index in [1.54, 1.807) is 6.07 Å². The fourth-order valence-corrected chi connectivity index (χ4v) is 2.49. The lowest BCUT2D eigenvalue weighted by molar-refractivity contribution is 0.0999. The van der Waals surface area contributed by atoms with E-state index in [1.165, 1.54) is 0 Å². The highest BCUT2D eigenvalue weighted by molar-refractivity contribution is 9.10. The van der Waals surface area contributed by atoms with E-state index < -0.39 is 5.91 Å². The molecule has 1 amide bonds. The Labute approximate surface area is 126 Å². The lowest BCUT2D eigenvalue weighted by atomic mass is 10.1. The highest BCUT2D eigenvalue weighted by Crippen LogP contribution is 2.24. The van der Waals surface area contributed by atoms with Crippen molar-refractivity contribution in [2.45, 2.75) is 6.54 Å². The second kappa shape index (κ2) is 5.96. The lowest BCUT2D eigenvalue weighted by Gasteiger charge is -2.20. The van der Waals surface area contributed by atoms with Gasteiger partial charge in [0.15, 0.2) is 0 Å². The van der Waals surface area contributed by atoms with Crippen LogP contribution in [0.4, 0.5) is 11.4 Å². The first-order valence-electron chi connectivity index (χ1n) is 6.12. The lowest BCUT2D eigenvalue weighted by Crippen LogP contribution is -2.17. The molecule has 104 valence electrons. The van der Waals surface area contributed by atoms with Crippen molar-refractivity contribution in [2.24, 2.45) is 5.73 Å². The Balaban J connectivity index is 2.17. The summed E-state index contributed by atoms with van der Waals surface area (Å²) in [5, 5.41) is 0. The molecule has 4 N–H and O–H groups in total. The predicted molar refractivity (Wildman–Crippen MR) is 85.6 cm³/mol. The Morgan fingerprint density at radius 2 is 1.85 bits per heavy atom. The Kier molecular flexibility index (Phi) is 4.29. The van der Waals surface area contributed by atoms with Gasteiger partial charge in [-0.1, -0.05) is 12.1 Å². The van der Waals surface area contributed by atoms with Gasteiger partial charge in [-0.25, -0.2) is 0 Å². The van der Waals surface area contributed by atoms with Gasteiger partial charge in [0.25, 0.3) is 0 Å². The van der Waals surface area contributed by atoms with E-state index in [-0.39, 0.29) is 0 Å². The summed E-state index contributed by atoms with van der Waals surface area (Å²) in [4.78, 5) is 13.3. The second-order valence-electron chi connectivity index (χ2n) is 4.63. The summed E-state index contributed by atoms with van der Waals surface area (Å²) >= 11 is 3.37. The van der Waals surface area contributed by atoms with Gasteiger partial charge in [0, 0.05) is 29.4 Å². The number of carbonyl (C=O) groups is 1. The molecule has 0 aromatic heterocycles. The number of nitrogens with two attached hydrogens (primary N) is 2. The van der Waals surface area contributed by atoms with Gasteiger partial charge < -0.3 is 16.4 Å². The first-order chi connectivity index (χ1) is 9.47. The molecular formula is C15H16BrN3O. The zero-order valence-electron chi connectivity index (χ0n) is 11.1. The molecule has 0 saturated heterocycles. The van der Waals surface area contributed by atoms with Crippen molar-refractivity contribution in [3.63, 3.8) is 0 Å². The minimum absolute atomic E-state index is 0.440. The second-order valence-corrected chi connectivity index (χ2v) is 5.48. The molecule has 0 radical (unpaired) electrons. The van der Waals surface area contributed by atoms with Crippen LogP contribution in [0.2, 0.25) is 0 Å². The molecular weight excluding hydrogens is 318 g/mol. The van der Waals surface area contributed by atoms with Crippen molar-refractivity contribution >= 4 is 33.2 Å². The Bertz CT molecular complexity index is 626. The quantitative estimate of drug-likeness (QED) is 0.845. The van der Waals surface area contributed by atoms with Gasteiger partial charge in [0.2, 0.25) is 5.91 Å². The molecule has 0 aliphatic carbocycles. The van der Waals surface area contributed by atoms with Crippen LogP contribution in [0.3, 0.4) is 0 Å². The molecule has 0 unspecified atom stereocenters. The monoisotopic (exact) mass is 333 g/mol. The van der Waals surface area contributed by atoms with E-state index in [4.69, 9.17) is 11.5 Å². The maximum absolute atomic E-state index is 11.2. The van der Waals surface area contributed by atoms with Gasteiger partial charge in [0.05, 0.1) is 5.56 Å². The van der Waals surface area contributed by atoms with Crippen LogP contribution in [-0.2, 0) is 6.54 Å². The molecule has 5 heteroatoms. The summed E-state index contributed by atoms with van der Waals surface area (Å²) in [7, 11) is 1.99. The maximum atomic E-state index is 11.2. The standard InChI is InChI=1S/C15H16BrN3O/c1-19(9-10-2-4-11(17)5-3-10)12-6-7-13(15(18)20)14(16)8-12/h2-8H,9,17H2,1H3,(H2,18,20). The Hall–Kier alpha value is -2.01. The number of nitrogen functional groups attached to an aromatic ring is 1. The van der Waals surface area contributed by atoms with Crippen LogP contribution in [0, 0.1) is 0 Å². The third-order valence-electron chi connectivity index (χ3n) is 3.06. The molecule has 4 nitrogen and oxygen atoms in total. The van der Waals surface area contributed by atoms with Gasteiger partial charge in [-0.05, 0) is 51.8 Å². The van der Waals surface area contributed by atoms with E-state index >= 15 is 0 Å². The van der Waals surface area contributed by atoms with Crippen LogP contribution in [0.5, 0.6) is 0 Å². The molecule has 0 fully saturated rings. The average Bonchev–Trinajstić information content (AvgIpc) is 2.40. The fraction of sp³-hybridized carbons (Fsp3) is 0.133. The molecule has 2 aromatic rings. The zero-order valence-corrected chi connectivity index (χ0v) is 12.7. The number of hydrogen-bond donors (Lipinski definition) is 2. The topological polar surface area (TPSA) is 72.3 Å². The first kappa shape index (κ1) is 14.4. The molecule has 0 aliphatic rings.